The summed E-state index contributed by atoms with van der Waals surface area (Å²) in [5.41, 5.74) is -1.26. The number of aliphatic carboxylic acids is 1. The number of rotatable bonds is 7. The van der Waals surface area contributed by atoms with Crippen molar-refractivity contribution < 1.29 is 19.4 Å². The van der Waals surface area contributed by atoms with Gasteiger partial charge in [0.2, 0.25) is 5.60 Å². The molecule has 2 aromatic carbocycles. The Labute approximate surface area is 147 Å². The van der Waals surface area contributed by atoms with Gasteiger partial charge in [-0.05, 0) is 61.4 Å². The molecule has 128 valence electrons. The molecule has 0 fully saturated rings. The zero-order valence-electron chi connectivity index (χ0n) is 14.0. The smallest absolute Gasteiger partial charge is 0.347 e. The molecule has 2 rings (SSSR count). The first kappa shape index (κ1) is 18.1. The summed E-state index contributed by atoms with van der Waals surface area (Å²) < 4.78 is 11.4. The van der Waals surface area contributed by atoms with Gasteiger partial charge in [-0.2, -0.15) is 0 Å². The molecule has 0 heterocycles. The van der Waals surface area contributed by atoms with Crippen molar-refractivity contribution >= 4 is 17.6 Å². The van der Waals surface area contributed by atoms with E-state index in [9.17, 15) is 9.90 Å². The van der Waals surface area contributed by atoms with E-state index >= 15 is 0 Å². The summed E-state index contributed by atoms with van der Waals surface area (Å²) in [6.07, 6.45) is 0.422. The van der Waals surface area contributed by atoms with E-state index in [0.29, 0.717) is 28.7 Å². The van der Waals surface area contributed by atoms with Crippen LogP contribution in [0.15, 0.2) is 48.5 Å². The first-order chi connectivity index (χ1) is 11.3. The van der Waals surface area contributed by atoms with Gasteiger partial charge in [-0.1, -0.05) is 25.4 Å². The molecule has 0 saturated carbocycles. The minimum atomic E-state index is -1.26. The van der Waals surface area contributed by atoms with Gasteiger partial charge in [-0.15, -0.1) is 0 Å². The fourth-order valence-corrected chi connectivity index (χ4v) is 2.55. The topological polar surface area (TPSA) is 55.8 Å². The van der Waals surface area contributed by atoms with Gasteiger partial charge >= 0.3 is 5.97 Å². The van der Waals surface area contributed by atoms with Crippen LogP contribution >= 0.6 is 11.6 Å². The lowest BCUT2D eigenvalue weighted by Gasteiger charge is -2.28. The van der Waals surface area contributed by atoms with Crippen molar-refractivity contribution in [2.24, 2.45) is 5.92 Å². The van der Waals surface area contributed by atoms with E-state index in [-0.39, 0.29) is 5.92 Å². The molecule has 0 aliphatic carbocycles. The lowest BCUT2D eigenvalue weighted by Crippen LogP contribution is -2.42. The number of carboxylic acid groups (broad SMARTS) is 1. The van der Waals surface area contributed by atoms with E-state index in [1.165, 1.54) is 0 Å². The van der Waals surface area contributed by atoms with Crippen LogP contribution in [0.5, 0.6) is 17.2 Å². The molecule has 0 amide bonds. The van der Waals surface area contributed by atoms with E-state index < -0.39 is 11.6 Å². The van der Waals surface area contributed by atoms with Gasteiger partial charge in [0, 0.05) is 11.4 Å². The standard InChI is InChI=1S/C19H21ClO4/c1-13(2)12-19(3,18(21)22)24-17-10-8-16(9-11-17)23-15-6-4-14(20)5-7-15/h4-11,13H,12H2,1-3H3,(H,21,22)/t19-/m1/s1. The second-order valence-corrected chi connectivity index (χ2v) is 6.70. The molecule has 0 radical (unpaired) electrons. The molecule has 1 atom stereocenters. The minimum Gasteiger partial charge on any atom is -0.478 e. The number of ether oxygens (including phenoxy) is 2. The zero-order valence-corrected chi connectivity index (χ0v) is 14.7. The van der Waals surface area contributed by atoms with E-state index in [0.717, 1.165) is 0 Å². The predicted octanol–water partition coefficient (Wildman–Crippen LogP) is 5.40. The fraction of sp³-hybridized carbons (Fsp3) is 0.316. The third-order valence-corrected chi connectivity index (χ3v) is 3.72. The first-order valence-electron chi connectivity index (χ1n) is 7.74. The molecule has 0 unspecified atom stereocenters. The van der Waals surface area contributed by atoms with Gasteiger partial charge in [0.1, 0.15) is 17.2 Å². The Kier molecular flexibility index (Phi) is 5.73. The maximum atomic E-state index is 11.5. The number of hydrogen-bond acceptors (Lipinski definition) is 3. The molecule has 24 heavy (non-hydrogen) atoms. The number of benzene rings is 2. The third-order valence-electron chi connectivity index (χ3n) is 3.47. The Morgan fingerprint density at radius 3 is 1.96 bits per heavy atom. The molecule has 4 nitrogen and oxygen atoms in total. The molecule has 0 aromatic heterocycles. The quantitative estimate of drug-likeness (QED) is 0.727. The largest absolute Gasteiger partial charge is 0.478 e. The molecular formula is C19H21ClO4. The van der Waals surface area contributed by atoms with Crippen LogP contribution in [0.25, 0.3) is 0 Å². The van der Waals surface area contributed by atoms with Crippen LogP contribution in [0.2, 0.25) is 5.02 Å². The molecular weight excluding hydrogens is 328 g/mol. The normalized spacial score (nSPS) is 13.4. The molecule has 2 aromatic rings. The molecule has 0 aliphatic rings. The van der Waals surface area contributed by atoms with E-state index in [2.05, 4.69) is 0 Å². The lowest BCUT2D eigenvalue weighted by molar-refractivity contribution is -0.155. The maximum Gasteiger partial charge on any atom is 0.347 e. The van der Waals surface area contributed by atoms with Crippen molar-refractivity contribution in [3.8, 4) is 17.2 Å². The van der Waals surface area contributed by atoms with Crippen LogP contribution in [-0.2, 0) is 4.79 Å². The van der Waals surface area contributed by atoms with Crippen molar-refractivity contribution in [3.05, 3.63) is 53.6 Å². The number of carbonyl (C=O) groups is 1. The van der Waals surface area contributed by atoms with Gasteiger partial charge in [-0.3, -0.25) is 0 Å². The fourth-order valence-electron chi connectivity index (χ4n) is 2.43. The van der Waals surface area contributed by atoms with Crippen molar-refractivity contribution in [1.82, 2.24) is 0 Å². The highest BCUT2D eigenvalue weighted by molar-refractivity contribution is 6.30. The minimum absolute atomic E-state index is 0.207. The van der Waals surface area contributed by atoms with Gasteiger partial charge in [0.25, 0.3) is 0 Å². The second-order valence-electron chi connectivity index (χ2n) is 6.26. The van der Waals surface area contributed by atoms with Gasteiger partial charge in [0.15, 0.2) is 0 Å². The van der Waals surface area contributed by atoms with Crippen molar-refractivity contribution in [2.45, 2.75) is 32.8 Å². The van der Waals surface area contributed by atoms with Crippen molar-refractivity contribution in [3.63, 3.8) is 0 Å². The van der Waals surface area contributed by atoms with Gasteiger partial charge in [-0.25, -0.2) is 4.79 Å². The molecule has 0 bridgehead atoms. The monoisotopic (exact) mass is 348 g/mol. The van der Waals surface area contributed by atoms with Crippen LogP contribution in [-0.4, -0.2) is 16.7 Å². The lowest BCUT2D eigenvalue weighted by atomic mass is 9.94. The maximum absolute atomic E-state index is 11.5. The van der Waals surface area contributed by atoms with Crippen LogP contribution in [0.4, 0.5) is 0 Å². The first-order valence-corrected chi connectivity index (χ1v) is 8.12. The summed E-state index contributed by atoms with van der Waals surface area (Å²) in [4.78, 5) is 11.5. The third kappa shape index (κ3) is 4.90. The van der Waals surface area contributed by atoms with E-state index in [4.69, 9.17) is 21.1 Å². The summed E-state index contributed by atoms with van der Waals surface area (Å²) in [7, 11) is 0. The highest BCUT2D eigenvalue weighted by Gasteiger charge is 2.36. The Hall–Kier alpha value is -2.20. The van der Waals surface area contributed by atoms with E-state index in [1.54, 1.807) is 55.5 Å². The Balaban J connectivity index is 2.08. The second kappa shape index (κ2) is 7.58. The Bertz CT molecular complexity index is 680. The summed E-state index contributed by atoms with van der Waals surface area (Å²) in [5, 5.41) is 10.1. The van der Waals surface area contributed by atoms with Crippen LogP contribution < -0.4 is 9.47 Å². The Morgan fingerprint density at radius 1 is 1.04 bits per heavy atom. The van der Waals surface area contributed by atoms with Crippen molar-refractivity contribution in [1.29, 1.82) is 0 Å². The van der Waals surface area contributed by atoms with E-state index in [1.807, 2.05) is 13.8 Å². The average Bonchev–Trinajstić information content (AvgIpc) is 2.50. The molecule has 0 spiro atoms. The van der Waals surface area contributed by atoms with Crippen LogP contribution in [0.3, 0.4) is 0 Å². The Morgan fingerprint density at radius 2 is 1.50 bits per heavy atom. The number of hydrogen-bond donors (Lipinski definition) is 1. The predicted molar refractivity (Wildman–Crippen MR) is 94.1 cm³/mol. The van der Waals surface area contributed by atoms with Crippen LogP contribution in [0, 0.1) is 5.92 Å². The molecule has 5 heteroatoms. The van der Waals surface area contributed by atoms with Gasteiger partial charge in [0.05, 0.1) is 0 Å². The molecule has 0 aliphatic heterocycles. The SMILES string of the molecule is CC(C)C[C@@](C)(Oc1ccc(Oc2ccc(Cl)cc2)cc1)C(=O)O. The summed E-state index contributed by atoms with van der Waals surface area (Å²) >= 11 is 5.84. The summed E-state index contributed by atoms with van der Waals surface area (Å²) in [5.74, 6) is 1.02. The summed E-state index contributed by atoms with van der Waals surface area (Å²) in [6, 6.07) is 13.9. The number of halogens is 1. The molecule has 1 N–H and O–H groups in total. The molecule has 0 saturated heterocycles. The highest BCUT2D eigenvalue weighted by atomic mass is 35.5. The van der Waals surface area contributed by atoms with Gasteiger partial charge < -0.3 is 14.6 Å². The average molecular weight is 349 g/mol. The highest BCUT2D eigenvalue weighted by Crippen LogP contribution is 2.29. The zero-order chi connectivity index (χ0) is 17.7. The van der Waals surface area contributed by atoms with Crippen molar-refractivity contribution in [2.75, 3.05) is 0 Å². The summed E-state index contributed by atoms with van der Waals surface area (Å²) in [6.45, 7) is 5.52. The van der Waals surface area contributed by atoms with Crippen LogP contribution in [0.1, 0.15) is 27.2 Å². The number of carboxylic acids is 1.